The van der Waals surface area contributed by atoms with E-state index in [0.29, 0.717) is 24.8 Å². The number of carbonyl (C=O) groups is 4. The maximum Gasteiger partial charge on any atom is 0.326 e. The van der Waals surface area contributed by atoms with E-state index in [-0.39, 0.29) is 42.9 Å². The van der Waals surface area contributed by atoms with Gasteiger partial charge in [0.05, 0.1) is 6.04 Å². The number of nitrogens with two attached hydrogens (primary N) is 3. The van der Waals surface area contributed by atoms with E-state index in [4.69, 9.17) is 17.2 Å². The highest BCUT2D eigenvalue weighted by Gasteiger charge is 2.33. The number of benzene rings is 1. The molecule has 1 rings (SSSR count). The van der Waals surface area contributed by atoms with Crippen molar-refractivity contribution in [3.05, 3.63) is 29.8 Å². The molecule has 13 heteroatoms. The third-order valence-electron chi connectivity index (χ3n) is 6.92. The number of hydrogen-bond acceptors (Lipinski definition) is 7. The Kier molecular flexibility index (Phi) is 14.5. The molecule has 3 amide bonds. The van der Waals surface area contributed by atoms with Crippen molar-refractivity contribution in [3.8, 4) is 5.75 Å². The van der Waals surface area contributed by atoms with Crippen molar-refractivity contribution < 1.29 is 29.4 Å². The molecule has 11 N–H and O–H groups in total. The molecule has 0 saturated heterocycles. The van der Waals surface area contributed by atoms with Gasteiger partial charge in [-0.15, -0.1) is 0 Å². The largest absolute Gasteiger partial charge is 0.508 e. The molecule has 0 radical (unpaired) electrons. The van der Waals surface area contributed by atoms with Gasteiger partial charge in [-0.3, -0.25) is 19.4 Å². The van der Waals surface area contributed by atoms with Gasteiger partial charge in [0.25, 0.3) is 0 Å². The van der Waals surface area contributed by atoms with Gasteiger partial charge in [-0.05, 0) is 42.4 Å². The molecular weight excluding hydrogens is 518 g/mol. The average molecular weight is 564 g/mol. The summed E-state index contributed by atoms with van der Waals surface area (Å²) in [6.45, 7) is 7.55. The summed E-state index contributed by atoms with van der Waals surface area (Å²) in [5.41, 5.74) is 17.4. The minimum absolute atomic E-state index is 0.0283. The molecule has 0 fully saturated rings. The molecule has 1 aromatic carbocycles. The topological polar surface area (TPSA) is 235 Å². The molecule has 224 valence electrons. The molecule has 0 spiro atoms. The second-order valence-electron chi connectivity index (χ2n) is 10.1. The van der Waals surface area contributed by atoms with E-state index in [0.717, 1.165) is 0 Å². The summed E-state index contributed by atoms with van der Waals surface area (Å²) in [5.74, 6) is -3.57. The van der Waals surface area contributed by atoms with Crippen LogP contribution in [0.5, 0.6) is 5.75 Å². The Morgan fingerprint density at radius 3 is 1.98 bits per heavy atom. The molecule has 1 aromatic rings. The molecule has 6 atom stereocenters. The van der Waals surface area contributed by atoms with Crippen LogP contribution < -0.4 is 33.2 Å². The fourth-order valence-corrected chi connectivity index (χ4v) is 3.84. The van der Waals surface area contributed by atoms with Gasteiger partial charge in [0.15, 0.2) is 5.96 Å². The van der Waals surface area contributed by atoms with E-state index in [1.165, 1.54) is 12.1 Å². The summed E-state index contributed by atoms with van der Waals surface area (Å²) < 4.78 is 0. The second kappa shape index (κ2) is 17.0. The Bertz CT molecular complexity index is 1010. The summed E-state index contributed by atoms with van der Waals surface area (Å²) in [6, 6.07) is 1.77. The molecule has 0 saturated carbocycles. The molecular formula is C27H45N7O6. The number of carbonyl (C=O) groups excluding carboxylic acids is 3. The van der Waals surface area contributed by atoms with Gasteiger partial charge in [-0.1, -0.05) is 52.7 Å². The molecule has 0 aliphatic rings. The van der Waals surface area contributed by atoms with Gasteiger partial charge in [-0.25, -0.2) is 4.79 Å². The Balaban J connectivity index is 3.09. The summed E-state index contributed by atoms with van der Waals surface area (Å²) in [6.07, 6.45) is 1.69. The summed E-state index contributed by atoms with van der Waals surface area (Å²) >= 11 is 0. The molecule has 13 nitrogen and oxygen atoms in total. The number of carboxylic acids is 1. The number of phenolic OH excluding ortho intramolecular Hbond substituents is 1. The number of rotatable bonds is 17. The highest BCUT2D eigenvalue weighted by molar-refractivity contribution is 5.94. The van der Waals surface area contributed by atoms with E-state index in [2.05, 4.69) is 20.9 Å². The van der Waals surface area contributed by atoms with E-state index >= 15 is 0 Å². The van der Waals surface area contributed by atoms with Crippen molar-refractivity contribution in [1.82, 2.24) is 16.0 Å². The standard InChI is InChI=1S/C27H45N7O6/c1-5-15(3)21(28)24(37)32-19(8-7-13-31-27(29)30)23(36)34-22(16(4)6-2)25(38)33-20(26(39)40)14-17-9-11-18(35)12-10-17/h9-12,15-16,19-22,35H,5-8,13-14,28H2,1-4H3,(H,32,37)(H,33,38)(H,34,36)(H,39,40)(H4,29,30,31). The van der Waals surface area contributed by atoms with Gasteiger partial charge in [0, 0.05) is 13.0 Å². The Morgan fingerprint density at radius 2 is 1.45 bits per heavy atom. The average Bonchev–Trinajstić information content (AvgIpc) is 2.92. The van der Waals surface area contributed by atoms with E-state index < -0.39 is 47.9 Å². The number of hydrogen-bond donors (Lipinski definition) is 8. The third-order valence-corrected chi connectivity index (χ3v) is 6.92. The number of carboxylic acid groups (broad SMARTS) is 1. The lowest BCUT2D eigenvalue weighted by molar-refractivity contribution is -0.142. The summed E-state index contributed by atoms with van der Waals surface area (Å²) in [4.78, 5) is 55.2. The Morgan fingerprint density at radius 1 is 0.875 bits per heavy atom. The van der Waals surface area contributed by atoms with Crippen molar-refractivity contribution >= 4 is 29.7 Å². The molecule has 0 aromatic heterocycles. The predicted octanol–water partition coefficient (Wildman–Crippen LogP) is -0.0532. The minimum Gasteiger partial charge on any atom is -0.508 e. The van der Waals surface area contributed by atoms with Crippen molar-refractivity contribution in [2.75, 3.05) is 6.54 Å². The van der Waals surface area contributed by atoms with Gasteiger partial charge in [-0.2, -0.15) is 0 Å². The number of amides is 3. The maximum atomic E-state index is 13.4. The number of aliphatic carboxylic acids is 1. The lowest BCUT2D eigenvalue weighted by atomic mass is 9.96. The van der Waals surface area contributed by atoms with Crippen LogP contribution in [-0.4, -0.2) is 70.6 Å². The fourth-order valence-electron chi connectivity index (χ4n) is 3.84. The fraction of sp³-hybridized carbons (Fsp3) is 0.593. The minimum atomic E-state index is -1.27. The van der Waals surface area contributed by atoms with Crippen LogP contribution in [0.15, 0.2) is 29.3 Å². The van der Waals surface area contributed by atoms with E-state index in [1.807, 2.05) is 20.8 Å². The van der Waals surface area contributed by atoms with Crippen LogP contribution in [0.3, 0.4) is 0 Å². The van der Waals surface area contributed by atoms with Crippen LogP contribution in [-0.2, 0) is 25.6 Å². The first-order valence-electron chi connectivity index (χ1n) is 13.5. The monoisotopic (exact) mass is 563 g/mol. The zero-order valence-corrected chi connectivity index (χ0v) is 23.7. The zero-order valence-electron chi connectivity index (χ0n) is 23.7. The first-order chi connectivity index (χ1) is 18.8. The second-order valence-corrected chi connectivity index (χ2v) is 10.1. The molecule has 0 aliphatic carbocycles. The van der Waals surface area contributed by atoms with Crippen LogP contribution in [0.25, 0.3) is 0 Å². The predicted molar refractivity (Wildman–Crippen MR) is 152 cm³/mol. The van der Waals surface area contributed by atoms with Gasteiger partial charge >= 0.3 is 5.97 Å². The summed E-state index contributed by atoms with van der Waals surface area (Å²) in [7, 11) is 0. The van der Waals surface area contributed by atoms with Crippen molar-refractivity contribution in [1.29, 1.82) is 0 Å². The number of aliphatic imine (C=N–C) groups is 1. The highest BCUT2D eigenvalue weighted by Crippen LogP contribution is 2.14. The van der Waals surface area contributed by atoms with Gasteiger partial charge in [0.2, 0.25) is 17.7 Å². The number of aromatic hydroxyl groups is 1. The molecule has 0 heterocycles. The molecule has 0 aliphatic heterocycles. The summed E-state index contributed by atoms with van der Waals surface area (Å²) in [5, 5.41) is 27.1. The number of phenols is 1. The first-order valence-corrected chi connectivity index (χ1v) is 13.5. The van der Waals surface area contributed by atoms with Crippen LogP contribution in [0, 0.1) is 11.8 Å². The van der Waals surface area contributed by atoms with Crippen LogP contribution in [0.1, 0.15) is 58.9 Å². The van der Waals surface area contributed by atoms with E-state index in [9.17, 15) is 29.4 Å². The first kappa shape index (κ1) is 34.2. The Labute approximate surface area is 235 Å². The number of guanidine groups is 1. The number of nitrogens with zero attached hydrogens (tertiary/aromatic N) is 1. The zero-order chi connectivity index (χ0) is 30.4. The van der Waals surface area contributed by atoms with Crippen molar-refractivity contribution in [3.63, 3.8) is 0 Å². The normalized spacial score (nSPS) is 15.4. The molecule has 0 bridgehead atoms. The SMILES string of the molecule is CCC(C)C(N)C(=O)NC(CCCN=C(N)N)C(=O)NC(C(=O)NC(Cc1ccc(O)cc1)C(=O)O)C(C)CC. The molecule has 6 unspecified atom stereocenters. The lowest BCUT2D eigenvalue weighted by Crippen LogP contribution is -2.59. The maximum absolute atomic E-state index is 13.4. The van der Waals surface area contributed by atoms with Gasteiger partial charge < -0.3 is 43.4 Å². The van der Waals surface area contributed by atoms with Crippen LogP contribution in [0.4, 0.5) is 0 Å². The highest BCUT2D eigenvalue weighted by atomic mass is 16.4. The lowest BCUT2D eigenvalue weighted by Gasteiger charge is -2.28. The Hall–Kier alpha value is -3.87. The van der Waals surface area contributed by atoms with Crippen LogP contribution in [0.2, 0.25) is 0 Å². The quantitative estimate of drug-likeness (QED) is 0.0719. The van der Waals surface area contributed by atoms with Gasteiger partial charge in [0.1, 0.15) is 23.9 Å². The van der Waals surface area contributed by atoms with Crippen molar-refractivity contribution in [2.24, 2.45) is 34.0 Å². The third kappa shape index (κ3) is 11.5. The number of nitrogens with one attached hydrogen (secondary N) is 3. The molecule has 40 heavy (non-hydrogen) atoms. The smallest absolute Gasteiger partial charge is 0.326 e. The van der Waals surface area contributed by atoms with E-state index in [1.54, 1.807) is 19.1 Å². The van der Waals surface area contributed by atoms with Crippen LogP contribution >= 0.6 is 0 Å². The van der Waals surface area contributed by atoms with Crippen molar-refractivity contribution in [2.45, 2.75) is 84.0 Å².